The normalized spacial score (nSPS) is 10.7. The van der Waals surface area contributed by atoms with Crippen LogP contribution in [-0.4, -0.2) is 22.4 Å². The van der Waals surface area contributed by atoms with Gasteiger partial charge in [0.2, 0.25) is 0 Å². The van der Waals surface area contributed by atoms with E-state index < -0.39 is 10.0 Å². The maximum Gasteiger partial charge on any atom is 0.267 e. The van der Waals surface area contributed by atoms with Crippen LogP contribution in [0.4, 0.5) is 0 Å². The van der Waals surface area contributed by atoms with Gasteiger partial charge in [-0.05, 0) is 31.2 Å². The van der Waals surface area contributed by atoms with Crippen LogP contribution in [0.5, 0.6) is 0 Å². The van der Waals surface area contributed by atoms with E-state index >= 15 is 0 Å². The third-order valence-electron chi connectivity index (χ3n) is 2.53. The first kappa shape index (κ1) is 14.1. The molecule has 0 unspecified atom stereocenters. The largest absolute Gasteiger partial charge is 0.349 e. The molecule has 0 atom stereocenters. The maximum absolute atomic E-state index is 11.9. The Hall–Kier alpha value is -2.34. The Kier molecular flexibility index (Phi) is 4.37. The summed E-state index contributed by atoms with van der Waals surface area (Å²) in [6.45, 7) is 1.92. The second kappa shape index (κ2) is 6.21. The van der Waals surface area contributed by atoms with Crippen LogP contribution in [0.3, 0.4) is 0 Å². The van der Waals surface area contributed by atoms with E-state index in [0.29, 0.717) is 4.90 Å². The molecule has 0 radical (unpaired) electrons. The van der Waals surface area contributed by atoms with Gasteiger partial charge in [-0.3, -0.25) is 0 Å². The first-order valence-electron chi connectivity index (χ1n) is 6.00. The van der Waals surface area contributed by atoms with Crippen LogP contribution in [0.25, 0.3) is 0 Å². The van der Waals surface area contributed by atoms with Gasteiger partial charge in [0.05, 0.1) is 4.90 Å². The van der Waals surface area contributed by atoms with Gasteiger partial charge in [-0.2, -0.15) is 0 Å². The van der Waals surface area contributed by atoms with Crippen molar-refractivity contribution in [3.05, 3.63) is 73.1 Å². The highest BCUT2D eigenvalue weighted by Gasteiger charge is 2.13. The monoisotopic (exact) mass is 289 g/mol. The number of rotatable bonds is 2. The summed E-state index contributed by atoms with van der Waals surface area (Å²) in [5.74, 6) is 0.968. The molecule has 0 bridgehead atoms. The number of aromatic nitrogens is 3. The topological polar surface area (TPSA) is 67.8 Å². The van der Waals surface area contributed by atoms with Crippen LogP contribution in [0.15, 0.2) is 72.1 Å². The first-order chi connectivity index (χ1) is 9.60. The van der Waals surface area contributed by atoms with Crippen molar-refractivity contribution >= 4 is 10.0 Å². The first-order valence-corrected chi connectivity index (χ1v) is 7.44. The number of nitrogens with zero attached hydrogens (tertiary/aromatic N) is 2. The highest BCUT2D eigenvalue weighted by atomic mass is 32.2. The number of benzene rings is 1. The van der Waals surface area contributed by atoms with Crippen molar-refractivity contribution in [3.8, 4) is 0 Å². The quantitative estimate of drug-likeness (QED) is 0.788. The predicted molar refractivity (Wildman–Crippen MR) is 76.8 cm³/mol. The van der Waals surface area contributed by atoms with Crippen LogP contribution in [-0.2, 0) is 10.0 Å². The average molecular weight is 289 g/mol. The number of H-pyrrole nitrogens is 1. The Morgan fingerprint density at radius 1 is 1.05 bits per heavy atom. The molecular weight excluding hydrogens is 274 g/mol. The molecule has 1 aromatic carbocycles. The zero-order valence-corrected chi connectivity index (χ0v) is 11.8. The Morgan fingerprint density at radius 3 is 2.15 bits per heavy atom. The molecule has 0 aliphatic carbocycles. The number of aromatic amines is 1. The lowest BCUT2D eigenvalue weighted by Gasteiger charge is -2.04. The van der Waals surface area contributed by atoms with E-state index in [1.165, 1.54) is 16.4 Å². The molecule has 3 aromatic rings. The molecular formula is C14H15N3O2S. The molecule has 6 heteroatoms. The third-order valence-corrected chi connectivity index (χ3v) is 4.20. The summed E-state index contributed by atoms with van der Waals surface area (Å²) in [7, 11) is -3.38. The van der Waals surface area contributed by atoms with E-state index in [1.807, 2.05) is 6.92 Å². The van der Waals surface area contributed by atoms with Crippen molar-refractivity contribution in [2.75, 3.05) is 0 Å². The highest BCUT2D eigenvalue weighted by Crippen LogP contribution is 2.12. The van der Waals surface area contributed by atoms with Gasteiger partial charge < -0.3 is 4.98 Å². The molecule has 2 heterocycles. The van der Waals surface area contributed by atoms with E-state index in [2.05, 4.69) is 9.97 Å². The Morgan fingerprint density at radius 2 is 1.70 bits per heavy atom. The third kappa shape index (κ3) is 3.36. The lowest BCUT2D eigenvalue weighted by atomic mass is 10.4. The Balaban J connectivity index is 0.000000205. The molecule has 5 nitrogen and oxygen atoms in total. The van der Waals surface area contributed by atoms with Crippen molar-refractivity contribution in [2.24, 2.45) is 0 Å². The van der Waals surface area contributed by atoms with E-state index in [9.17, 15) is 8.42 Å². The number of hydrogen-bond donors (Lipinski definition) is 1. The lowest BCUT2D eigenvalue weighted by Crippen LogP contribution is -2.10. The minimum atomic E-state index is -3.38. The highest BCUT2D eigenvalue weighted by molar-refractivity contribution is 7.90. The molecule has 104 valence electrons. The zero-order valence-electron chi connectivity index (χ0n) is 11.0. The van der Waals surface area contributed by atoms with E-state index in [4.69, 9.17) is 0 Å². The summed E-state index contributed by atoms with van der Waals surface area (Å²) < 4.78 is 24.9. The van der Waals surface area contributed by atoms with Gasteiger partial charge in [-0.15, -0.1) is 0 Å². The molecule has 0 aliphatic rings. The predicted octanol–water partition coefficient (Wildman–Crippen LogP) is 2.44. The Labute approximate surface area is 118 Å². The number of nitrogens with one attached hydrogen (secondary N) is 1. The minimum absolute atomic E-state index is 0.302. The summed E-state index contributed by atoms with van der Waals surface area (Å²) in [5.41, 5.74) is 0. The minimum Gasteiger partial charge on any atom is -0.349 e. The van der Waals surface area contributed by atoms with Crippen LogP contribution in [0.1, 0.15) is 5.82 Å². The Bertz CT molecular complexity index is 718. The summed E-state index contributed by atoms with van der Waals surface area (Å²) >= 11 is 0. The van der Waals surface area contributed by atoms with Gasteiger partial charge >= 0.3 is 0 Å². The van der Waals surface area contributed by atoms with Gasteiger partial charge in [0, 0.05) is 24.8 Å². The van der Waals surface area contributed by atoms with E-state index in [-0.39, 0.29) is 0 Å². The van der Waals surface area contributed by atoms with Gasteiger partial charge in [0.15, 0.2) is 0 Å². The lowest BCUT2D eigenvalue weighted by molar-refractivity contribution is 0.587. The molecule has 0 spiro atoms. The average Bonchev–Trinajstić information content (AvgIpc) is 3.13. The van der Waals surface area contributed by atoms with Gasteiger partial charge in [-0.1, -0.05) is 18.2 Å². The van der Waals surface area contributed by atoms with Crippen molar-refractivity contribution in [3.63, 3.8) is 0 Å². The van der Waals surface area contributed by atoms with Crippen LogP contribution in [0, 0.1) is 6.92 Å². The van der Waals surface area contributed by atoms with Gasteiger partial charge in [0.1, 0.15) is 5.82 Å². The van der Waals surface area contributed by atoms with E-state index in [1.54, 1.807) is 54.9 Å². The standard InChI is InChI=1S/C10H9NO2S.C4H6N2/c12-14(13,11-8-4-5-9-11)10-6-2-1-3-7-10;1-4-5-2-3-6-4/h1-9H;2-3H,1H3,(H,5,6). The fourth-order valence-electron chi connectivity index (χ4n) is 1.54. The molecule has 0 aliphatic heterocycles. The molecule has 0 saturated carbocycles. The van der Waals surface area contributed by atoms with Crippen molar-refractivity contribution in [1.82, 2.24) is 13.9 Å². The second-order valence-corrected chi connectivity index (χ2v) is 5.85. The van der Waals surface area contributed by atoms with Crippen molar-refractivity contribution in [2.45, 2.75) is 11.8 Å². The molecule has 0 amide bonds. The molecule has 20 heavy (non-hydrogen) atoms. The number of hydrogen-bond acceptors (Lipinski definition) is 3. The van der Waals surface area contributed by atoms with Crippen LogP contribution < -0.4 is 0 Å². The van der Waals surface area contributed by atoms with Crippen LogP contribution in [0.2, 0.25) is 0 Å². The smallest absolute Gasteiger partial charge is 0.267 e. The van der Waals surface area contributed by atoms with E-state index in [0.717, 1.165) is 5.82 Å². The summed E-state index contributed by atoms with van der Waals surface area (Å²) in [6.07, 6.45) is 6.56. The fraction of sp³-hybridized carbons (Fsp3) is 0.0714. The number of aryl methyl sites for hydroxylation is 1. The zero-order chi connectivity index (χ0) is 14.4. The molecule has 0 fully saturated rings. The van der Waals surface area contributed by atoms with Gasteiger partial charge in [-0.25, -0.2) is 17.4 Å². The second-order valence-electron chi connectivity index (χ2n) is 4.01. The maximum atomic E-state index is 11.9. The summed E-state index contributed by atoms with van der Waals surface area (Å²) in [5, 5.41) is 0. The van der Waals surface area contributed by atoms with Gasteiger partial charge in [0.25, 0.3) is 10.0 Å². The SMILES string of the molecule is Cc1ncc[nH]1.O=S(=O)(c1ccccc1)n1cccc1. The van der Waals surface area contributed by atoms with Crippen LogP contribution >= 0.6 is 0 Å². The molecule has 2 aromatic heterocycles. The molecule has 0 saturated heterocycles. The summed E-state index contributed by atoms with van der Waals surface area (Å²) in [4.78, 5) is 7.05. The van der Waals surface area contributed by atoms with Crippen molar-refractivity contribution < 1.29 is 8.42 Å². The summed E-state index contributed by atoms with van der Waals surface area (Å²) in [6, 6.07) is 11.7. The fourth-order valence-corrected chi connectivity index (χ4v) is 2.74. The van der Waals surface area contributed by atoms with Crippen molar-refractivity contribution in [1.29, 1.82) is 0 Å². The molecule has 3 rings (SSSR count). The molecule has 1 N–H and O–H groups in total. The number of imidazole rings is 1.